The number of amides is 1. The van der Waals surface area contributed by atoms with E-state index in [1.807, 2.05) is 50.2 Å². The van der Waals surface area contributed by atoms with Gasteiger partial charge in [-0.05, 0) is 37.1 Å². The van der Waals surface area contributed by atoms with Crippen LogP contribution >= 0.6 is 11.6 Å². The van der Waals surface area contributed by atoms with Crippen molar-refractivity contribution >= 4 is 17.5 Å². The summed E-state index contributed by atoms with van der Waals surface area (Å²) in [6.07, 6.45) is 0.386. The van der Waals surface area contributed by atoms with Gasteiger partial charge in [-0.3, -0.25) is 4.79 Å². The van der Waals surface area contributed by atoms with E-state index in [0.29, 0.717) is 30.3 Å². The lowest BCUT2D eigenvalue weighted by Gasteiger charge is -2.09. The third-order valence-electron chi connectivity index (χ3n) is 3.32. The van der Waals surface area contributed by atoms with Crippen LogP contribution in [-0.2, 0) is 11.2 Å². The average molecular weight is 318 g/mol. The van der Waals surface area contributed by atoms with E-state index in [0.717, 1.165) is 11.1 Å². The van der Waals surface area contributed by atoms with Crippen LogP contribution in [0.1, 0.15) is 16.7 Å². The molecule has 0 aromatic heterocycles. The highest BCUT2D eigenvalue weighted by Gasteiger charge is 2.03. The van der Waals surface area contributed by atoms with Crippen LogP contribution in [0.2, 0.25) is 5.02 Å². The molecule has 0 unspecified atom stereocenters. The van der Waals surface area contributed by atoms with Gasteiger partial charge in [0.1, 0.15) is 12.4 Å². The molecular formula is C18H20ClNO2. The molecule has 2 aromatic rings. The van der Waals surface area contributed by atoms with Crippen molar-refractivity contribution in [1.82, 2.24) is 5.32 Å². The number of hydrogen-bond acceptors (Lipinski definition) is 2. The van der Waals surface area contributed by atoms with E-state index in [1.165, 1.54) is 5.56 Å². The number of ether oxygens (including phenoxy) is 1. The van der Waals surface area contributed by atoms with Gasteiger partial charge < -0.3 is 10.1 Å². The van der Waals surface area contributed by atoms with Gasteiger partial charge in [0.25, 0.3) is 0 Å². The number of benzene rings is 2. The van der Waals surface area contributed by atoms with Crippen LogP contribution in [0, 0.1) is 13.8 Å². The van der Waals surface area contributed by atoms with Gasteiger partial charge in [-0.1, -0.05) is 47.5 Å². The largest absolute Gasteiger partial charge is 0.492 e. The van der Waals surface area contributed by atoms with Crippen LogP contribution < -0.4 is 10.1 Å². The maximum Gasteiger partial charge on any atom is 0.224 e. The fourth-order valence-electron chi connectivity index (χ4n) is 1.98. The van der Waals surface area contributed by atoms with Crippen molar-refractivity contribution in [2.75, 3.05) is 13.2 Å². The van der Waals surface area contributed by atoms with Gasteiger partial charge in [0.15, 0.2) is 0 Å². The van der Waals surface area contributed by atoms with Gasteiger partial charge in [-0.25, -0.2) is 0 Å². The third-order valence-corrected chi connectivity index (χ3v) is 3.73. The molecule has 2 aromatic carbocycles. The van der Waals surface area contributed by atoms with Crippen molar-refractivity contribution in [3.63, 3.8) is 0 Å². The topological polar surface area (TPSA) is 38.3 Å². The van der Waals surface area contributed by atoms with Crippen LogP contribution in [0.5, 0.6) is 5.75 Å². The predicted molar refractivity (Wildman–Crippen MR) is 89.6 cm³/mol. The monoisotopic (exact) mass is 317 g/mol. The molecule has 22 heavy (non-hydrogen) atoms. The Hall–Kier alpha value is -2.00. The van der Waals surface area contributed by atoms with Gasteiger partial charge in [-0.2, -0.15) is 0 Å². The minimum absolute atomic E-state index is 0.00519. The first-order valence-corrected chi connectivity index (χ1v) is 7.63. The molecule has 0 bridgehead atoms. The molecule has 1 N–H and O–H groups in total. The lowest BCUT2D eigenvalue weighted by Crippen LogP contribution is -2.29. The van der Waals surface area contributed by atoms with E-state index < -0.39 is 0 Å². The Morgan fingerprint density at radius 2 is 1.86 bits per heavy atom. The summed E-state index contributed by atoms with van der Waals surface area (Å²) in [5.74, 6) is 0.706. The van der Waals surface area contributed by atoms with Crippen molar-refractivity contribution in [3.05, 3.63) is 64.2 Å². The summed E-state index contributed by atoms with van der Waals surface area (Å²) in [5, 5.41) is 3.53. The molecule has 0 spiro atoms. The fourth-order valence-corrected chi connectivity index (χ4v) is 2.15. The first-order chi connectivity index (χ1) is 10.5. The molecule has 1 amide bonds. The molecule has 0 fully saturated rings. The highest BCUT2D eigenvalue weighted by molar-refractivity contribution is 6.31. The Bertz CT molecular complexity index is 638. The number of nitrogens with one attached hydrogen (secondary N) is 1. The highest BCUT2D eigenvalue weighted by atomic mass is 35.5. The summed E-state index contributed by atoms with van der Waals surface area (Å²) in [4.78, 5) is 11.8. The van der Waals surface area contributed by atoms with Crippen LogP contribution in [-0.4, -0.2) is 19.1 Å². The van der Waals surface area contributed by atoms with Gasteiger partial charge in [0.05, 0.1) is 13.0 Å². The molecule has 0 aliphatic carbocycles. The molecule has 116 valence electrons. The zero-order valence-corrected chi connectivity index (χ0v) is 13.6. The standard InChI is InChI=1S/C18H20ClNO2/c1-13-3-6-15(7-4-13)11-18(21)20-9-10-22-16-8-5-14(2)17(19)12-16/h3-8,12H,9-11H2,1-2H3,(H,20,21). The van der Waals surface area contributed by atoms with Crippen molar-refractivity contribution in [3.8, 4) is 5.75 Å². The summed E-state index contributed by atoms with van der Waals surface area (Å²) >= 11 is 6.03. The van der Waals surface area contributed by atoms with Crippen LogP contribution in [0.15, 0.2) is 42.5 Å². The normalized spacial score (nSPS) is 10.3. The Balaban J connectivity index is 1.70. The zero-order chi connectivity index (χ0) is 15.9. The molecular weight excluding hydrogens is 298 g/mol. The number of carbonyl (C=O) groups excluding carboxylic acids is 1. The SMILES string of the molecule is Cc1ccc(CC(=O)NCCOc2ccc(C)c(Cl)c2)cc1. The lowest BCUT2D eigenvalue weighted by atomic mass is 10.1. The van der Waals surface area contributed by atoms with E-state index in [9.17, 15) is 4.79 Å². The molecule has 4 heteroatoms. The fraction of sp³-hybridized carbons (Fsp3) is 0.278. The Morgan fingerprint density at radius 1 is 1.14 bits per heavy atom. The molecule has 0 aliphatic heterocycles. The summed E-state index contributed by atoms with van der Waals surface area (Å²) in [6, 6.07) is 13.5. The maximum absolute atomic E-state index is 11.8. The molecule has 0 saturated heterocycles. The second-order valence-corrected chi connectivity index (χ2v) is 5.68. The second kappa shape index (κ2) is 7.85. The summed E-state index contributed by atoms with van der Waals surface area (Å²) in [6.45, 7) is 4.85. The van der Waals surface area contributed by atoms with Crippen molar-refractivity contribution in [1.29, 1.82) is 0 Å². The minimum Gasteiger partial charge on any atom is -0.492 e. The number of halogens is 1. The first-order valence-electron chi connectivity index (χ1n) is 7.26. The molecule has 0 atom stereocenters. The molecule has 0 heterocycles. The van der Waals surface area contributed by atoms with Gasteiger partial charge in [-0.15, -0.1) is 0 Å². The Morgan fingerprint density at radius 3 is 2.55 bits per heavy atom. The summed E-state index contributed by atoms with van der Waals surface area (Å²) < 4.78 is 5.56. The van der Waals surface area contributed by atoms with E-state index in [4.69, 9.17) is 16.3 Å². The van der Waals surface area contributed by atoms with Crippen LogP contribution in [0.4, 0.5) is 0 Å². The number of rotatable bonds is 6. The molecule has 0 saturated carbocycles. The highest BCUT2D eigenvalue weighted by Crippen LogP contribution is 2.21. The van der Waals surface area contributed by atoms with E-state index in [2.05, 4.69) is 5.32 Å². The van der Waals surface area contributed by atoms with E-state index >= 15 is 0 Å². The van der Waals surface area contributed by atoms with Gasteiger partial charge in [0.2, 0.25) is 5.91 Å². The van der Waals surface area contributed by atoms with E-state index in [-0.39, 0.29) is 5.91 Å². The lowest BCUT2D eigenvalue weighted by molar-refractivity contribution is -0.120. The minimum atomic E-state index is -0.00519. The molecule has 0 aliphatic rings. The maximum atomic E-state index is 11.8. The summed E-state index contributed by atoms with van der Waals surface area (Å²) in [5.41, 5.74) is 3.21. The average Bonchev–Trinajstić information content (AvgIpc) is 2.49. The smallest absolute Gasteiger partial charge is 0.224 e. The first kappa shape index (κ1) is 16.4. The summed E-state index contributed by atoms with van der Waals surface area (Å²) in [7, 11) is 0. The van der Waals surface area contributed by atoms with Gasteiger partial charge >= 0.3 is 0 Å². The number of aryl methyl sites for hydroxylation is 2. The quantitative estimate of drug-likeness (QED) is 0.825. The van der Waals surface area contributed by atoms with Crippen LogP contribution in [0.25, 0.3) is 0 Å². The molecule has 3 nitrogen and oxygen atoms in total. The number of hydrogen-bond donors (Lipinski definition) is 1. The molecule has 0 radical (unpaired) electrons. The van der Waals surface area contributed by atoms with Crippen molar-refractivity contribution in [2.24, 2.45) is 0 Å². The van der Waals surface area contributed by atoms with Crippen molar-refractivity contribution < 1.29 is 9.53 Å². The van der Waals surface area contributed by atoms with Crippen molar-refractivity contribution in [2.45, 2.75) is 20.3 Å². The molecule has 2 rings (SSSR count). The van der Waals surface area contributed by atoms with E-state index in [1.54, 1.807) is 6.07 Å². The third kappa shape index (κ3) is 5.08. The Labute approximate surface area is 136 Å². The Kier molecular flexibility index (Phi) is 5.84. The van der Waals surface area contributed by atoms with Crippen LogP contribution in [0.3, 0.4) is 0 Å². The zero-order valence-electron chi connectivity index (χ0n) is 12.9. The number of carbonyl (C=O) groups is 1. The van der Waals surface area contributed by atoms with Gasteiger partial charge in [0, 0.05) is 5.02 Å². The predicted octanol–water partition coefficient (Wildman–Crippen LogP) is 3.69. The second-order valence-electron chi connectivity index (χ2n) is 5.27.